The molecule has 6 heteroatoms. The number of carbonyl (C=O) groups is 1. The van der Waals surface area contributed by atoms with Crippen LogP contribution in [0.2, 0.25) is 0 Å². The molecule has 2 N–H and O–H groups in total. The van der Waals surface area contributed by atoms with Gasteiger partial charge in [0.1, 0.15) is 11.6 Å². The summed E-state index contributed by atoms with van der Waals surface area (Å²) in [5.41, 5.74) is 1.05. The van der Waals surface area contributed by atoms with Crippen molar-refractivity contribution < 1.29 is 9.21 Å². The molecule has 2 aromatic heterocycles. The Bertz CT molecular complexity index is 621. The molecule has 0 aliphatic carbocycles. The molecular formula is C17H22N4O2. The van der Waals surface area contributed by atoms with Crippen LogP contribution in [0.15, 0.2) is 41.1 Å². The number of hydrogen-bond donors (Lipinski definition) is 2. The molecule has 0 bridgehead atoms. The second-order valence-electron chi connectivity index (χ2n) is 5.69. The molecule has 2 amide bonds. The number of piperidine rings is 1. The molecule has 23 heavy (non-hydrogen) atoms. The van der Waals surface area contributed by atoms with E-state index in [1.165, 1.54) is 19.3 Å². The van der Waals surface area contributed by atoms with Gasteiger partial charge in [0.2, 0.25) is 0 Å². The topological polar surface area (TPSA) is 70.4 Å². The SMILES string of the molecule is O=C(NCc1ccnc(N2CCCCC2)c1)NCc1ccco1. The fraction of sp³-hybridized carbons (Fsp3) is 0.412. The van der Waals surface area contributed by atoms with Crippen molar-refractivity contribution in [2.24, 2.45) is 0 Å². The molecule has 0 unspecified atom stereocenters. The van der Waals surface area contributed by atoms with Gasteiger partial charge in [-0.25, -0.2) is 9.78 Å². The molecule has 1 fully saturated rings. The highest BCUT2D eigenvalue weighted by atomic mass is 16.3. The van der Waals surface area contributed by atoms with Crippen molar-refractivity contribution in [1.82, 2.24) is 15.6 Å². The first kappa shape index (κ1) is 15.4. The standard InChI is InChI=1S/C17H22N4O2/c22-17(20-13-15-5-4-10-23-15)19-12-14-6-7-18-16(11-14)21-8-2-1-3-9-21/h4-7,10-11H,1-3,8-9,12-13H2,(H2,19,20,22). The fourth-order valence-electron chi connectivity index (χ4n) is 2.69. The van der Waals surface area contributed by atoms with E-state index in [4.69, 9.17) is 4.42 Å². The molecule has 0 saturated carbocycles. The van der Waals surface area contributed by atoms with E-state index in [1.54, 1.807) is 12.3 Å². The third-order valence-electron chi connectivity index (χ3n) is 3.95. The van der Waals surface area contributed by atoms with Crippen LogP contribution in [0.5, 0.6) is 0 Å². The highest BCUT2D eigenvalue weighted by Gasteiger charge is 2.12. The zero-order chi connectivity index (χ0) is 15.9. The third kappa shape index (κ3) is 4.48. The Morgan fingerprint density at radius 1 is 1.17 bits per heavy atom. The van der Waals surface area contributed by atoms with Gasteiger partial charge >= 0.3 is 6.03 Å². The van der Waals surface area contributed by atoms with E-state index in [0.29, 0.717) is 13.1 Å². The van der Waals surface area contributed by atoms with Gasteiger partial charge in [0.15, 0.2) is 0 Å². The minimum atomic E-state index is -0.210. The van der Waals surface area contributed by atoms with Gasteiger partial charge in [0.25, 0.3) is 0 Å². The van der Waals surface area contributed by atoms with E-state index < -0.39 is 0 Å². The largest absolute Gasteiger partial charge is 0.467 e. The van der Waals surface area contributed by atoms with Crippen LogP contribution >= 0.6 is 0 Å². The van der Waals surface area contributed by atoms with Crippen molar-refractivity contribution in [3.63, 3.8) is 0 Å². The molecule has 0 atom stereocenters. The van der Waals surface area contributed by atoms with E-state index in [-0.39, 0.29) is 6.03 Å². The molecule has 3 rings (SSSR count). The second kappa shape index (κ2) is 7.67. The summed E-state index contributed by atoms with van der Waals surface area (Å²) in [6.45, 7) is 2.99. The van der Waals surface area contributed by atoms with Crippen molar-refractivity contribution in [3.05, 3.63) is 48.0 Å². The van der Waals surface area contributed by atoms with Gasteiger partial charge in [0.05, 0.1) is 12.8 Å². The van der Waals surface area contributed by atoms with Gasteiger partial charge in [0, 0.05) is 25.8 Å². The van der Waals surface area contributed by atoms with Crippen LogP contribution in [0.1, 0.15) is 30.6 Å². The first-order valence-electron chi connectivity index (χ1n) is 8.05. The zero-order valence-electron chi connectivity index (χ0n) is 13.1. The molecule has 0 aromatic carbocycles. The lowest BCUT2D eigenvalue weighted by atomic mass is 10.1. The Hall–Kier alpha value is -2.50. The molecule has 0 radical (unpaired) electrons. The van der Waals surface area contributed by atoms with Crippen LogP contribution in [-0.4, -0.2) is 24.1 Å². The highest BCUT2D eigenvalue weighted by Crippen LogP contribution is 2.18. The number of furan rings is 1. The van der Waals surface area contributed by atoms with Crippen LogP contribution in [-0.2, 0) is 13.1 Å². The Kier molecular flexibility index (Phi) is 5.13. The van der Waals surface area contributed by atoms with Gasteiger partial charge in [-0.15, -0.1) is 0 Å². The van der Waals surface area contributed by atoms with E-state index in [2.05, 4.69) is 26.6 Å². The quantitative estimate of drug-likeness (QED) is 0.890. The van der Waals surface area contributed by atoms with Crippen LogP contribution in [0.4, 0.5) is 10.6 Å². The minimum Gasteiger partial charge on any atom is -0.467 e. The number of nitrogens with zero attached hydrogens (tertiary/aromatic N) is 2. The van der Waals surface area contributed by atoms with E-state index >= 15 is 0 Å². The van der Waals surface area contributed by atoms with E-state index in [9.17, 15) is 4.79 Å². The number of aromatic nitrogens is 1. The average Bonchev–Trinajstić information content (AvgIpc) is 3.13. The molecule has 1 saturated heterocycles. The summed E-state index contributed by atoms with van der Waals surface area (Å²) in [4.78, 5) is 18.6. The minimum absolute atomic E-state index is 0.210. The van der Waals surface area contributed by atoms with Gasteiger partial charge in [-0.05, 0) is 49.1 Å². The number of nitrogens with one attached hydrogen (secondary N) is 2. The Labute approximate surface area is 135 Å². The normalized spacial score (nSPS) is 14.5. The number of hydrogen-bond acceptors (Lipinski definition) is 4. The Balaban J connectivity index is 1.48. The second-order valence-corrected chi connectivity index (χ2v) is 5.69. The van der Waals surface area contributed by atoms with E-state index in [0.717, 1.165) is 30.2 Å². The molecule has 0 spiro atoms. The highest BCUT2D eigenvalue weighted by molar-refractivity contribution is 5.73. The molecule has 122 valence electrons. The third-order valence-corrected chi connectivity index (χ3v) is 3.95. The Morgan fingerprint density at radius 2 is 2.00 bits per heavy atom. The van der Waals surface area contributed by atoms with Crippen molar-refractivity contribution in [2.45, 2.75) is 32.4 Å². The van der Waals surface area contributed by atoms with Crippen LogP contribution in [0.25, 0.3) is 0 Å². The predicted molar refractivity (Wildman–Crippen MR) is 88.1 cm³/mol. The molecule has 3 heterocycles. The van der Waals surface area contributed by atoms with Crippen molar-refractivity contribution in [1.29, 1.82) is 0 Å². The van der Waals surface area contributed by atoms with Gasteiger partial charge in [-0.3, -0.25) is 0 Å². The molecule has 6 nitrogen and oxygen atoms in total. The lowest BCUT2D eigenvalue weighted by Crippen LogP contribution is -2.34. The smallest absolute Gasteiger partial charge is 0.315 e. The molecule has 2 aromatic rings. The summed E-state index contributed by atoms with van der Waals surface area (Å²) in [5.74, 6) is 1.73. The Morgan fingerprint density at radius 3 is 2.78 bits per heavy atom. The van der Waals surface area contributed by atoms with Crippen molar-refractivity contribution in [3.8, 4) is 0 Å². The monoisotopic (exact) mass is 314 g/mol. The number of rotatable bonds is 5. The van der Waals surface area contributed by atoms with Gasteiger partial charge in [-0.1, -0.05) is 0 Å². The van der Waals surface area contributed by atoms with Gasteiger partial charge < -0.3 is 20.0 Å². The van der Waals surface area contributed by atoms with Crippen molar-refractivity contribution in [2.75, 3.05) is 18.0 Å². The maximum Gasteiger partial charge on any atom is 0.315 e. The number of urea groups is 1. The van der Waals surface area contributed by atoms with Crippen LogP contribution in [0.3, 0.4) is 0 Å². The maximum absolute atomic E-state index is 11.8. The van der Waals surface area contributed by atoms with Crippen LogP contribution in [0, 0.1) is 0 Å². The van der Waals surface area contributed by atoms with Crippen LogP contribution < -0.4 is 15.5 Å². The van der Waals surface area contributed by atoms with Crippen molar-refractivity contribution >= 4 is 11.8 Å². The first-order valence-corrected chi connectivity index (χ1v) is 8.05. The van der Waals surface area contributed by atoms with Gasteiger partial charge in [-0.2, -0.15) is 0 Å². The summed E-state index contributed by atoms with van der Waals surface area (Å²) in [5, 5.41) is 5.62. The summed E-state index contributed by atoms with van der Waals surface area (Å²) >= 11 is 0. The predicted octanol–water partition coefficient (Wildman–Crippen LogP) is 2.66. The molecular weight excluding hydrogens is 292 g/mol. The lowest BCUT2D eigenvalue weighted by molar-refractivity contribution is 0.239. The number of carbonyl (C=O) groups excluding carboxylic acids is 1. The zero-order valence-corrected chi connectivity index (χ0v) is 13.1. The molecule has 1 aliphatic heterocycles. The fourth-order valence-corrected chi connectivity index (χ4v) is 2.69. The number of amides is 2. The number of anilines is 1. The lowest BCUT2D eigenvalue weighted by Gasteiger charge is -2.27. The number of pyridine rings is 1. The average molecular weight is 314 g/mol. The summed E-state index contributed by atoms with van der Waals surface area (Å²) < 4.78 is 5.17. The summed E-state index contributed by atoms with van der Waals surface area (Å²) in [6.07, 6.45) is 7.14. The maximum atomic E-state index is 11.8. The summed E-state index contributed by atoms with van der Waals surface area (Å²) in [7, 11) is 0. The van der Waals surface area contributed by atoms with E-state index in [1.807, 2.05) is 18.3 Å². The molecule has 1 aliphatic rings. The summed E-state index contributed by atoms with van der Waals surface area (Å²) in [6, 6.07) is 7.40. The first-order chi connectivity index (χ1) is 11.3.